The van der Waals surface area contributed by atoms with Gasteiger partial charge in [-0.2, -0.15) is 0 Å². The van der Waals surface area contributed by atoms with Crippen molar-refractivity contribution in [1.29, 1.82) is 0 Å². The normalized spacial score (nSPS) is 16.0. The molecule has 0 spiro atoms. The van der Waals surface area contributed by atoms with E-state index in [9.17, 15) is 17.9 Å². The lowest BCUT2D eigenvalue weighted by Crippen LogP contribution is -2.36. The van der Waals surface area contributed by atoms with Crippen molar-refractivity contribution in [3.05, 3.63) is 24.0 Å². The van der Waals surface area contributed by atoms with Crippen LogP contribution in [0.1, 0.15) is 12.7 Å². The maximum absolute atomic E-state index is 12.5. The van der Waals surface area contributed by atoms with E-state index in [1.54, 1.807) is 0 Å². The molecular formula is C7H10FN3O3S. The summed E-state index contributed by atoms with van der Waals surface area (Å²) in [6.45, 7) is 1.19. The monoisotopic (exact) mass is 235 g/mol. The molecule has 1 rings (SSSR count). The molecule has 0 saturated heterocycles. The number of nitrogens with zero attached hydrogens (tertiary/aromatic N) is 2. The van der Waals surface area contributed by atoms with Crippen LogP contribution in [0, 0.1) is 5.82 Å². The van der Waals surface area contributed by atoms with Crippen LogP contribution in [0.25, 0.3) is 0 Å². The first kappa shape index (κ1) is 12.0. The van der Waals surface area contributed by atoms with Crippen LogP contribution in [-0.4, -0.2) is 29.2 Å². The second kappa shape index (κ2) is 3.80. The lowest BCUT2D eigenvalue weighted by atomic mass is 10.1. The smallest absolute Gasteiger partial charge is 0.212 e. The Morgan fingerprint density at radius 1 is 1.53 bits per heavy atom. The van der Waals surface area contributed by atoms with Crippen molar-refractivity contribution in [2.24, 2.45) is 5.14 Å². The fourth-order valence-electron chi connectivity index (χ4n) is 1.05. The summed E-state index contributed by atoms with van der Waals surface area (Å²) < 4.78 is 34.0. The molecule has 0 aliphatic heterocycles. The second-order valence-electron chi connectivity index (χ2n) is 3.31. The van der Waals surface area contributed by atoms with Crippen LogP contribution in [-0.2, 0) is 15.6 Å². The minimum absolute atomic E-state index is 0.196. The van der Waals surface area contributed by atoms with Crippen LogP contribution < -0.4 is 5.14 Å². The van der Waals surface area contributed by atoms with Crippen molar-refractivity contribution in [2.75, 3.05) is 5.75 Å². The minimum Gasteiger partial charge on any atom is -0.381 e. The number of sulfonamides is 1. The number of aromatic nitrogens is 2. The first-order chi connectivity index (χ1) is 6.71. The molecular weight excluding hydrogens is 225 g/mol. The predicted molar refractivity (Wildman–Crippen MR) is 49.5 cm³/mol. The van der Waals surface area contributed by atoms with Gasteiger partial charge in [0.05, 0.1) is 18.1 Å². The summed E-state index contributed by atoms with van der Waals surface area (Å²) in [6, 6.07) is 0. The number of primary sulfonamides is 1. The molecule has 3 N–H and O–H groups in total. The van der Waals surface area contributed by atoms with Gasteiger partial charge in [0.2, 0.25) is 10.0 Å². The third-order valence-corrected chi connectivity index (χ3v) is 2.55. The molecule has 8 heteroatoms. The highest BCUT2D eigenvalue weighted by molar-refractivity contribution is 7.89. The average molecular weight is 235 g/mol. The molecule has 0 aliphatic rings. The molecule has 1 aromatic rings. The van der Waals surface area contributed by atoms with Crippen LogP contribution in [0.2, 0.25) is 0 Å². The molecule has 0 saturated carbocycles. The third kappa shape index (κ3) is 3.50. The third-order valence-electron chi connectivity index (χ3n) is 1.58. The largest absolute Gasteiger partial charge is 0.381 e. The van der Waals surface area contributed by atoms with Gasteiger partial charge in [-0.15, -0.1) is 0 Å². The SMILES string of the molecule is C[C@@](O)(CS(N)(=O)=O)c1ncc(F)cn1. The fraction of sp³-hybridized carbons (Fsp3) is 0.429. The standard InChI is InChI=1S/C7H10FN3O3S/c1-7(12,4-15(9,13)14)6-10-2-5(8)3-11-6/h2-3,12H,4H2,1H3,(H2,9,13,14)/t7-/m1/s1. The molecule has 6 nitrogen and oxygen atoms in total. The van der Waals surface area contributed by atoms with E-state index >= 15 is 0 Å². The van der Waals surface area contributed by atoms with Gasteiger partial charge in [0, 0.05) is 0 Å². The van der Waals surface area contributed by atoms with Crippen LogP contribution in [0.5, 0.6) is 0 Å². The van der Waals surface area contributed by atoms with Crippen LogP contribution in [0.4, 0.5) is 4.39 Å². The van der Waals surface area contributed by atoms with E-state index in [1.807, 2.05) is 0 Å². The number of nitrogens with two attached hydrogens (primary N) is 1. The zero-order valence-electron chi connectivity index (χ0n) is 7.88. The molecule has 0 radical (unpaired) electrons. The zero-order chi connectivity index (χ0) is 11.7. The Morgan fingerprint density at radius 3 is 2.40 bits per heavy atom. The van der Waals surface area contributed by atoms with E-state index < -0.39 is 27.2 Å². The Morgan fingerprint density at radius 2 is 2.00 bits per heavy atom. The van der Waals surface area contributed by atoms with E-state index in [2.05, 4.69) is 9.97 Å². The first-order valence-corrected chi connectivity index (χ1v) is 5.63. The summed E-state index contributed by atoms with van der Waals surface area (Å²) in [5.74, 6) is -1.60. The van der Waals surface area contributed by atoms with Gasteiger partial charge in [-0.25, -0.2) is 27.9 Å². The van der Waals surface area contributed by atoms with Gasteiger partial charge in [-0.3, -0.25) is 0 Å². The summed E-state index contributed by atoms with van der Waals surface area (Å²) in [4.78, 5) is 6.96. The molecule has 1 aromatic heterocycles. The van der Waals surface area contributed by atoms with Crippen molar-refractivity contribution in [3.63, 3.8) is 0 Å². The number of halogens is 1. The van der Waals surface area contributed by atoms with Gasteiger partial charge in [-0.05, 0) is 6.92 Å². The van der Waals surface area contributed by atoms with Crippen molar-refractivity contribution in [1.82, 2.24) is 9.97 Å². The van der Waals surface area contributed by atoms with Crippen molar-refractivity contribution >= 4 is 10.0 Å². The lowest BCUT2D eigenvalue weighted by molar-refractivity contribution is 0.0718. The topological polar surface area (TPSA) is 106 Å². The Labute approximate surface area is 86.0 Å². The highest BCUT2D eigenvalue weighted by Gasteiger charge is 2.31. The number of hydrogen-bond acceptors (Lipinski definition) is 5. The quantitative estimate of drug-likeness (QED) is 0.707. The predicted octanol–water partition coefficient (Wildman–Crippen LogP) is -0.888. The molecule has 1 atom stereocenters. The molecule has 1 heterocycles. The Kier molecular flexibility index (Phi) is 3.03. The molecule has 84 valence electrons. The second-order valence-corrected chi connectivity index (χ2v) is 4.92. The maximum atomic E-state index is 12.5. The van der Waals surface area contributed by atoms with Gasteiger partial charge in [0.1, 0.15) is 5.60 Å². The van der Waals surface area contributed by atoms with E-state index in [0.717, 1.165) is 12.4 Å². The minimum atomic E-state index is -3.86. The number of aliphatic hydroxyl groups is 1. The van der Waals surface area contributed by atoms with Crippen LogP contribution in [0.3, 0.4) is 0 Å². The highest BCUT2D eigenvalue weighted by Crippen LogP contribution is 2.17. The molecule has 15 heavy (non-hydrogen) atoms. The van der Waals surface area contributed by atoms with Crippen molar-refractivity contribution < 1.29 is 17.9 Å². The van der Waals surface area contributed by atoms with Crippen LogP contribution in [0.15, 0.2) is 12.4 Å². The van der Waals surface area contributed by atoms with Crippen molar-refractivity contribution in [2.45, 2.75) is 12.5 Å². The Hall–Kier alpha value is -1.12. The first-order valence-electron chi connectivity index (χ1n) is 3.91. The van der Waals surface area contributed by atoms with E-state index in [-0.39, 0.29) is 5.82 Å². The van der Waals surface area contributed by atoms with Gasteiger partial charge in [0.25, 0.3) is 0 Å². The summed E-state index contributed by atoms with van der Waals surface area (Å²) in [5.41, 5.74) is -1.83. The fourth-order valence-corrected chi connectivity index (χ4v) is 1.96. The average Bonchev–Trinajstić information content (AvgIpc) is 2.00. The molecule has 0 bridgehead atoms. The number of rotatable bonds is 3. The van der Waals surface area contributed by atoms with E-state index in [1.165, 1.54) is 6.92 Å². The summed E-state index contributed by atoms with van der Waals surface area (Å²) in [5, 5.41) is 14.5. The van der Waals surface area contributed by atoms with E-state index in [4.69, 9.17) is 5.14 Å². The van der Waals surface area contributed by atoms with Gasteiger partial charge >= 0.3 is 0 Å². The van der Waals surface area contributed by atoms with Gasteiger partial charge < -0.3 is 5.11 Å². The Bertz CT molecular complexity index is 443. The zero-order valence-corrected chi connectivity index (χ0v) is 8.70. The van der Waals surface area contributed by atoms with E-state index in [0.29, 0.717) is 0 Å². The maximum Gasteiger partial charge on any atom is 0.212 e. The van der Waals surface area contributed by atoms with Crippen LogP contribution >= 0.6 is 0 Å². The summed E-state index contributed by atoms with van der Waals surface area (Å²) >= 11 is 0. The Balaban J connectivity index is 3.00. The van der Waals surface area contributed by atoms with Gasteiger partial charge in [-0.1, -0.05) is 0 Å². The molecule has 0 aliphatic carbocycles. The molecule has 0 unspecified atom stereocenters. The highest BCUT2D eigenvalue weighted by atomic mass is 32.2. The lowest BCUT2D eigenvalue weighted by Gasteiger charge is -2.19. The molecule has 0 fully saturated rings. The summed E-state index contributed by atoms with van der Waals surface area (Å²) in [7, 11) is -3.86. The molecule has 0 aromatic carbocycles. The summed E-state index contributed by atoms with van der Waals surface area (Å²) in [6.07, 6.45) is 1.67. The number of hydrogen-bond donors (Lipinski definition) is 2. The van der Waals surface area contributed by atoms with Crippen molar-refractivity contribution in [3.8, 4) is 0 Å². The van der Waals surface area contributed by atoms with Gasteiger partial charge in [0.15, 0.2) is 11.6 Å². The molecule has 0 amide bonds.